The molecule has 1 unspecified atom stereocenters. The zero-order chi connectivity index (χ0) is 15.1. The number of halogens is 1. The largest absolute Gasteiger partial charge is 0.481 e. The lowest BCUT2D eigenvalue weighted by molar-refractivity contribution is -0.142. The number of aryl methyl sites for hydroxylation is 1. The van der Waals surface area contributed by atoms with Crippen LogP contribution in [0.4, 0.5) is 0 Å². The van der Waals surface area contributed by atoms with Crippen LogP contribution in [0, 0.1) is 11.8 Å². The van der Waals surface area contributed by atoms with Crippen molar-refractivity contribution in [1.82, 2.24) is 5.32 Å². The van der Waals surface area contributed by atoms with Crippen molar-refractivity contribution in [3.05, 3.63) is 21.3 Å². The maximum absolute atomic E-state index is 11.7. The van der Waals surface area contributed by atoms with Crippen LogP contribution in [0.15, 0.2) is 11.4 Å². The third kappa shape index (κ3) is 6.39. The summed E-state index contributed by atoms with van der Waals surface area (Å²) in [6.07, 6.45) is 1.55. The number of aliphatic carboxylic acids is 1. The molecule has 0 saturated heterocycles. The Morgan fingerprint density at radius 2 is 2.15 bits per heavy atom. The summed E-state index contributed by atoms with van der Waals surface area (Å²) in [6, 6.07) is 1.85. The minimum atomic E-state index is -0.857. The first-order valence-corrected chi connectivity index (χ1v) is 7.86. The van der Waals surface area contributed by atoms with E-state index >= 15 is 0 Å². The molecular weight excluding hydrogens is 298 g/mol. The van der Waals surface area contributed by atoms with Crippen molar-refractivity contribution >= 4 is 34.8 Å². The van der Waals surface area contributed by atoms with Gasteiger partial charge in [0.25, 0.3) is 0 Å². The number of amides is 1. The molecule has 0 aliphatic rings. The molecule has 0 bridgehead atoms. The highest BCUT2D eigenvalue weighted by Gasteiger charge is 2.19. The van der Waals surface area contributed by atoms with E-state index in [0.717, 1.165) is 4.88 Å². The zero-order valence-electron chi connectivity index (χ0n) is 11.7. The van der Waals surface area contributed by atoms with E-state index < -0.39 is 11.9 Å². The number of carbonyl (C=O) groups is 2. The lowest BCUT2D eigenvalue weighted by Crippen LogP contribution is -2.33. The van der Waals surface area contributed by atoms with Gasteiger partial charge in [-0.15, -0.1) is 11.3 Å². The third-order valence-electron chi connectivity index (χ3n) is 2.87. The topological polar surface area (TPSA) is 66.4 Å². The first-order valence-electron chi connectivity index (χ1n) is 6.61. The monoisotopic (exact) mass is 317 g/mol. The summed E-state index contributed by atoms with van der Waals surface area (Å²) in [6.45, 7) is 4.13. The van der Waals surface area contributed by atoms with E-state index in [0.29, 0.717) is 30.2 Å². The Morgan fingerprint density at radius 3 is 2.65 bits per heavy atom. The molecule has 0 aliphatic carbocycles. The maximum Gasteiger partial charge on any atom is 0.308 e. The molecule has 1 aromatic heterocycles. The summed E-state index contributed by atoms with van der Waals surface area (Å²) >= 11 is 7.33. The second kappa shape index (κ2) is 8.27. The molecule has 1 amide bonds. The zero-order valence-corrected chi connectivity index (χ0v) is 13.3. The number of hydrogen-bond acceptors (Lipinski definition) is 3. The highest BCUT2D eigenvalue weighted by Crippen LogP contribution is 2.20. The van der Waals surface area contributed by atoms with Crippen molar-refractivity contribution in [2.75, 3.05) is 6.54 Å². The van der Waals surface area contributed by atoms with Crippen LogP contribution in [0.2, 0.25) is 5.02 Å². The van der Waals surface area contributed by atoms with Gasteiger partial charge >= 0.3 is 5.97 Å². The van der Waals surface area contributed by atoms with Gasteiger partial charge in [-0.1, -0.05) is 25.4 Å². The van der Waals surface area contributed by atoms with Gasteiger partial charge in [-0.05, 0) is 24.8 Å². The predicted molar refractivity (Wildman–Crippen MR) is 81.2 cm³/mol. The van der Waals surface area contributed by atoms with Crippen molar-refractivity contribution in [1.29, 1.82) is 0 Å². The molecule has 2 N–H and O–H groups in total. The number of nitrogens with one attached hydrogen (secondary N) is 1. The Bertz CT molecular complexity index is 459. The number of rotatable bonds is 8. The lowest BCUT2D eigenvalue weighted by atomic mass is 9.97. The minimum absolute atomic E-state index is 0.121. The van der Waals surface area contributed by atoms with E-state index in [1.165, 1.54) is 11.3 Å². The van der Waals surface area contributed by atoms with Crippen LogP contribution in [0.3, 0.4) is 0 Å². The number of thiophene rings is 1. The standard InChI is InChI=1S/C14H20ClNO3S/c1-9(2)5-10(14(18)19)7-16-13(17)4-3-12-6-11(15)8-20-12/h6,8-10H,3-5,7H2,1-2H3,(H,16,17)(H,18,19). The van der Waals surface area contributed by atoms with Gasteiger partial charge in [0.1, 0.15) is 0 Å². The van der Waals surface area contributed by atoms with Crippen molar-refractivity contribution in [3.63, 3.8) is 0 Å². The van der Waals surface area contributed by atoms with Gasteiger partial charge in [0.05, 0.1) is 10.9 Å². The summed E-state index contributed by atoms with van der Waals surface area (Å²) in [5.41, 5.74) is 0. The van der Waals surface area contributed by atoms with E-state index in [9.17, 15) is 9.59 Å². The summed E-state index contributed by atoms with van der Waals surface area (Å²) < 4.78 is 0. The van der Waals surface area contributed by atoms with Crippen molar-refractivity contribution in [2.24, 2.45) is 11.8 Å². The van der Waals surface area contributed by atoms with Crippen LogP contribution in [0.1, 0.15) is 31.6 Å². The molecule has 1 aromatic rings. The van der Waals surface area contributed by atoms with Gasteiger partial charge in [-0.2, -0.15) is 0 Å². The molecule has 1 heterocycles. The molecule has 112 valence electrons. The molecule has 1 atom stereocenters. The highest BCUT2D eigenvalue weighted by molar-refractivity contribution is 7.10. The second-order valence-electron chi connectivity index (χ2n) is 5.20. The normalized spacial score (nSPS) is 12.4. The first kappa shape index (κ1) is 17.0. The Morgan fingerprint density at radius 1 is 1.45 bits per heavy atom. The fourth-order valence-corrected chi connectivity index (χ4v) is 2.96. The number of hydrogen-bond donors (Lipinski definition) is 2. The number of carboxylic acid groups (broad SMARTS) is 1. The molecule has 6 heteroatoms. The van der Waals surface area contributed by atoms with Gasteiger partial charge in [0.15, 0.2) is 0 Å². The van der Waals surface area contributed by atoms with Crippen LogP contribution >= 0.6 is 22.9 Å². The van der Waals surface area contributed by atoms with Crippen LogP contribution in [0.25, 0.3) is 0 Å². The molecule has 0 saturated carbocycles. The van der Waals surface area contributed by atoms with Gasteiger partial charge in [0, 0.05) is 23.2 Å². The summed E-state index contributed by atoms with van der Waals surface area (Å²) in [5.74, 6) is -1.20. The molecule has 0 fully saturated rings. The fraction of sp³-hybridized carbons (Fsp3) is 0.571. The van der Waals surface area contributed by atoms with Crippen LogP contribution in [-0.4, -0.2) is 23.5 Å². The van der Waals surface area contributed by atoms with Gasteiger partial charge < -0.3 is 10.4 Å². The summed E-state index contributed by atoms with van der Waals surface area (Å²) in [7, 11) is 0. The Labute approximate surface area is 128 Å². The number of carbonyl (C=O) groups excluding carboxylic acids is 1. The molecule has 0 aliphatic heterocycles. The van der Waals surface area contributed by atoms with Crippen molar-refractivity contribution in [2.45, 2.75) is 33.1 Å². The summed E-state index contributed by atoms with van der Waals surface area (Å²) in [5, 5.41) is 14.3. The minimum Gasteiger partial charge on any atom is -0.481 e. The molecule has 4 nitrogen and oxygen atoms in total. The Hall–Kier alpha value is -1.07. The van der Waals surface area contributed by atoms with Crippen molar-refractivity contribution < 1.29 is 14.7 Å². The fourth-order valence-electron chi connectivity index (χ4n) is 1.89. The van der Waals surface area contributed by atoms with Gasteiger partial charge in [-0.25, -0.2) is 0 Å². The van der Waals surface area contributed by atoms with E-state index in [4.69, 9.17) is 16.7 Å². The van der Waals surface area contributed by atoms with Crippen LogP contribution < -0.4 is 5.32 Å². The van der Waals surface area contributed by atoms with E-state index in [2.05, 4.69) is 5.32 Å². The maximum atomic E-state index is 11.7. The molecule has 1 rings (SSSR count). The van der Waals surface area contributed by atoms with Crippen LogP contribution in [-0.2, 0) is 16.0 Å². The lowest BCUT2D eigenvalue weighted by Gasteiger charge is -2.15. The average molecular weight is 318 g/mol. The van der Waals surface area contributed by atoms with Crippen LogP contribution in [0.5, 0.6) is 0 Å². The molecule has 0 spiro atoms. The van der Waals surface area contributed by atoms with E-state index in [1.807, 2.05) is 25.3 Å². The first-order chi connectivity index (χ1) is 9.38. The highest BCUT2D eigenvalue weighted by atomic mass is 35.5. The van der Waals surface area contributed by atoms with Crippen molar-refractivity contribution in [3.8, 4) is 0 Å². The average Bonchev–Trinajstić information content (AvgIpc) is 2.77. The van der Waals surface area contributed by atoms with Gasteiger partial charge in [0.2, 0.25) is 5.91 Å². The smallest absolute Gasteiger partial charge is 0.308 e. The quantitative estimate of drug-likeness (QED) is 0.773. The SMILES string of the molecule is CC(C)CC(CNC(=O)CCc1cc(Cl)cs1)C(=O)O. The molecular formula is C14H20ClNO3S. The van der Waals surface area contributed by atoms with E-state index in [-0.39, 0.29) is 12.5 Å². The third-order valence-corrected chi connectivity index (χ3v) is 4.22. The molecule has 20 heavy (non-hydrogen) atoms. The molecule has 0 aromatic carbocycles. The predicted octanol–water partition coefficient (Wildman–Crippen LogP) is 3.20. The number of carboxylic acids is 1. The van der Waals surface area contributed by atoms with E-state index in [1.54, 1.807) is 0 Å². The Balaban J connectivity index is 2.32. The second-order valence-corrected chi connectivity index (χ2v) is 6.63. The summed E-state index contributed by atoms with van der Waals surface area (Å²) in [4.78, 5) is 23.8. The molecule has 0 radical (unpaired) electrons. The van der Waals surface area contributed by atoms with Gasteiger partial charge in [-0.3, -0.25) is 9.59 Å². The Kier molecular flexibility index (Phi) is 7.02.